The standard InChI is InChI=1S/C13H22ClN3O/c1-3-4-5-6-7-8-9-18-12-11(15)10(2)16-13(14)17-12/h3-9,15H2,1-2H3. The molecule has 18 heavy (non-hydrogen) atoms. The van der Waals surface area contributed by atoms with Crippen LogP contribution in [0.25, 0.3) is 0 Å². The Labute approximate surface area is 114 Å². The minimum Gasteiger partial charge on any atom is -0.476 e. The molecule has 0 aliphatic rings. The van der Waals surface area contributed by atoms with Crippen LogP contribution in [-0.2, 0) is 0 Å². The maximum atomic E-state index is 5.82. The third kappa shape index (κ3) is 5.08. The maximum Gasteiger partial charge on any atom is 0.241 e. The fourth-order valence-corrected chi connectivity index (χ4v) is 1.89. The van der Waals surface area contributed by atoms with Crippen LogP contribution in [0.3, 0.4) is 0 Å². The molecule has 0 unspecified atom stereocenters. The van der Waals surface area contributed by atoms with Crippen molar-refractivity contribution in [1.29, 1.82) is 0 Å². The summed E-state index contributed by atoms with van der Waals surface area (Å²) >= 11 is 5.76. The van der Waals surface area contributed by atoms with Crippen LogP contribution in [0.4, 0.5) is 5.69 Å². The summed E-state index contributed by atoms with van der Waals surface area (Å²) < 4.78 is 5.54. The van der Waals surface area contributed by atoms with Gasteiger partial charge in [-0.15, -0.1) is 0 Å². The van der Waals surface area contributed by atoms with Crippen LogP contribution in [0.5, 0.6) is 5.88 Å². The van der Waals surface area contributed by atoms with Gasteiger partial charge in [-0.25, -0.2) is 4.98 Å². The average Bonchev–Trinajstić information content (AvgIpc) is 2.33. The van der Waals surface area contributed by atoms with Crippen LogP contribution in [0.1, 0.15) is 51.1 Å². The fraction of sp³-hybridized carbons (Fsp3) is 0.692. The molecule has 0 spiro atoms. The number of unbranched alkanes of at least 4 members (excludes halogenated alkanes) is 5. The zero-order chi connectivity index (χ0) is 13.4. The minimum absolute atomic E-state index is 0.180. The van der Waals surface area contributed by atoms with Gasteiger partial charge in [-0.3, -0.25) is 0 Å². The van der Waals surface area contributed by atoms with E-state index in [4.69, 9.17) is 22.1 Å². The van der Waals surface area contributed by atoms with E-state index in [2.05, 4.69) is 16.9 Å². The molecule has 1 rings (SSSR count). The highest BCUT2D eigenvalue weighted by Crippen LogP contribution is 2.23. The predicted octanol–water partition coefficient (Wildman–Crippen LogP) is 3.76. The van der Waals surface area contributed by atoms with Crippen molar-refractivity contribution in [2.24, 2.45) is 0 Å². The monoisotopic (exact) mass is 271 g/mol. The molecule has 0 saturated carbocycles. The number of halogens is 1. The van der Waals surface area contributed by atoms with E-state index in [9.17, 15) is 0 Å². The van der Waals surface area contributed by atoms with Gasteiger partial charge in [0, 0.05) is 0 Å². The van der Waals surface area contributed by atoms with E-state index >= 15 is 0 Å². The van der Waals surface area contributed by atoms with E-state index in [1.165, 1.54) is 32.1 Å². The van der Waals surface area contributed by atoms with Gasteiger partial charge >= 0.3 is 0 Å². The third-order valence-corrected chi connectivity index (χ3v) is 2.98. The van der Waals surface area contributed by atoms with Crippen molar-refractivity contribution < 1.29 is 4.74 Å². The molecule has 0 atom stereocenters. The highest BCUT2D eigenvalue weighted by atomic mass is 35.5. The van der Waals surface area contributed by atoms with E-state index in [-0.39, 0.29) is 5.28 Å². The molecule has 0 fully saturated rings. The van der Waals surface area contributed by atoms with Crippen LogP contribution in [0.2, 0.25) is 5.28 Å². The number of hydrogen-bond acceptors (Lipinski definition) is 4. The van der Waals surface area contributed by atoms with Gasteiger partial charge in [-0.2, -0.15) is 4.98 Å². The van der Waals surface area contributed by atoms with Gasteiger partial charge in [-0.05, 0) is 24.9 Å². The summed E-state index contributed by atoms with van der Waals surface area (Å²) in [7, 11) is 0. The van der Waals surface area contributed by atoms with Gasteiger partial charge in [0.1, 0.15) is 5.69 Å². The molecule has 0 aromatic carbocycles. The van der Waals surface area contributed by atoms with E-state index in [0.717, 1.165) is 6.42 Å². The van der Waals surface area contributed by atoms with Crippen molar-refractivity contribution >= 4 is 17.3 Å². The summed E-state index contributed by atoms with van der Waals surface area (Å²) in [6, 6.07) is 0. The van der Waals surface area contributed by atoms with Crippen LogP contribution >= 0.6 is 11.6 Å². The molecule has 1 aromatic heterocycles. The summed E-state index contributed by atoms with van der Waals surface area (Å²) in [6.07, 6.45) is 7.34. The second-order valence-electron chi connectivity index (χ2n) is 4.41. The van der Waals surface area contributed by atoms with Crippen molar-refractivity contribution in [3.05, 3.63) is 11.0 Å². The van der Waals surface area contributed by atoms with Crippen LogP contribution < -0.4 is 10.5 Å². The van der Waals surface area contributed by atoms with Gasteiger partial charge in [-0.1, -0.05) is 39.0 Å². The van der Waals surface area contributed by atoms with E-state index in [0.29, 0.717) is 23.9 Å². The average molecular weight is 272 g/mol. The lowest BCUT2D eigenvalue weighted by Gasteiger charge is -2.09. The molecule has 0 aliphatic carbocycles. The Balaban J connectivity index is 2.27. The number of ether oxygens (including phenoxy) is 1. The predicted molar refractivity (Wildman–Crippen MR) is 75.1 cm³/mol. The summed E-state index contributed by atoms with van der Waals surface area (Å²) in [4.78, 5) is 7.95. The van der Waals surface area contributed by atoms with Crippen LogP contribution in [0.15, 0.2) is 0 Å². The second-order valence-corrected chi connectivity index (χ2v) is 4.75. The van der Waals surface area contributed by atoms with Crippen molar-refractivity contribution in [3.8, 4) is 5.88 Å². The summed E-state index contributed by atoms with van der Waals surface area (Å²) in [5, 5.41) is 0.180. The van der Waals surface area contributed by atoms with Crippen molar-refractivity contribution in [2.45, 2.75) is 52.4 Å². The zero-order valence-corrected chi connectivity index (χ0v) is 12.0. The number of nitrogens with zero attached hydrogens (tertiary/aromatic N) is 2. The first kappa shape index (κ1) is 15.0. The SMILES string of the molecule is CCCCCCCCOc1nc(Cl)nc(C)c1N. The second kappa shape index (κ2) is 8.14. The van der Waals surface area contributed by atoms with Crippen molar-refractivity contribution in [1.82, 2.24) is 9.97 Å². The minimum atomic E-state index is 0.180. The Bertz CT molecular complexity index is 371. The van der Waals surface area contributed by atoms with E-state index in [1.54, 1.807) is 6.92 Å². The third-order valence-electron chi connectivity index (χ3n) is 2.81. The topological polar surface area (TPSA) is 61.0 Å². The highest BCUT2D eigenvalue weighted by molar-refractivity contribution is 6.28. The first-order valence-corrected chi connectivity index (χ1v) is 6.95. The lowest BCUT2D eigenvalue weighted by atomic mass is 10.1. The zero-order valence-electron chi connectivity index (χ0n) is 11.2. The van der Waals surface area contributed by atoms with Crippen molar-refractivity contribution in [2.75, 3.05) is 12.3 Å². The molecule has 102 valence electrons. The maximum absolute atomic E-state index is 5.82. The molecule has 0 bridgehead atoms. The molecule has 5 heteroatoms. The number of aryl methyl sites for hydroxylation is 1. The molecular formula is C13H22ClN3O. The number of rotatable bonds is 8. The Morgan fingerprint density at radius 2 is 1.78 bits per heavy atom. The Morgan fingerprint density at radius 1 is 1.11 bits per heavy atom. The molecule has 2 N–H and O–H groups in total. The largest absolute Gasteiger partial charge is 0.476 e. The molecule has 0 aliphatic heterocycles. The van der Waals surface area contributed by atoms with Gasteiger partial charge in [0.05, 0.1) is 12.3 Å². The van der Waals surface area contributed by atoms with Crippen LogP contribution in [0, 0.1) is 6.92 Å². The number of aromatic nitrogens is 2. The molecule has 0 saturated heterocycles. The number of nitrogen functional groups attached to an aromatic ring is 1. The molecule has 1 aromatic rings. The Kier molecular flexibility index (Phi) is 6.80. The number of hydrogen-bond donors (Lipinski definition) is 1. The van der Waals surface area contributed by atoms with Gasteiger partial charge in [0.2, 0.25) is 11.2 Å². The summed E-state index contributed by atoms with van der Waals surface area (Å²) in [5.41, 5.74) is 6.96. The summed E-state index contributed by atoms with van der Waals surface area (Å²) in [5.74, 6) is 0.404. The van der Waals surface area contributed by atoms with Gasteiger partial charge in [0.15, 0.2) is 0 Å². The summed E-state index contributed by atoms with van der Waals surface area (Å²) in [6.45, 7) is 4.64. The number of nitrogens with two attached hydrogens (primary N) is 1. The molecular weight excluding hydrogens is 250 g/mol. The lowest BCUT2D eigenvalue weighted by molar-refractivity contribution is 0.294. The lowest BCUT2D eigenvalue weighted by Crippen LogP contribution is -2.05. The van der Waals surface area contributed by atoms with Crippen LogP contribution in [-0.4, -0.2) is 16.6 Å². The molecule has 1 heterocycles. The van der Waals surface area contributed by atoms with Gasteiger partial charge in [0.25, 0.3) is 0 Å². The van der Waals surface area contributed by atoms with E-state index in [1.807, 2.05) is 0 Å². The Morgan fingerprint density at radius 3 is 2.50 bits per heavy atom. The molecule has 4 nitrogen and oxygen atoms in total. The molecule has 0 radical (unpaired) electrons. The van der Waals surface area contributed by atoms with E-state index < -0.39 is 0 Å². The van der Waals surface area contributed by atoms with Crippen molar-refractivity contribution in [3.63, 3.8) is 0 Å². The quantitative estimate of drug-likeness (QED) is 0.578. The number of anilines is 1. The Hall–Kier alpha value is -1.03. The first-order chi connectivity index (χ1) is 8.65. The first-order valence-electron chi connectivity index (χ1n) is 6.57. The fourth-order valence-electron chi connectivity index (χ4n) is 1.68. The van der Waals surface area contributed by atoms with Gasteiger partial charge < -0.3 is 10.5 Å². The smallest absolute Gasteiger partial charge is 0.241 e. The highest BCUT2D eigenvalue weighted by Gasteiger charge is 2.08. The normalized spacial score (nSPS) is 10.6. The molecule has 0 amide bonds.